The Balaban J connectivity index is 0.00000220. The summed E-state index contributed by atoms with van der Waals surface area (Å²) in [5, 5.41) is 6.57. The van der Waals surface area contributed by atoms with Gasteiger partial charge in [0.05, 0.1) is 24.8 Å². The zero-order valence-corrected chi connectivity index (χ0v) is 13.6. The number of nitrogens with one attached hydrogen (secondary N) is 2. The maximum absolute atomic E-state index is 12.1. The number of morpholine rings is 1. The van der Waals surface area contributed by atoms with E-state index in [0.717, 1.165) is 5.56 Å². The molecule has 1 fully saturated rings. The highest BCUT2D eigenvalue weighted by atomic mass is 35.5. The van der Waals surface area contributed by atoms with Crippen molar-refractivity contribution in [3.05, 3.63) is 28.8 Å². The van der Waals surface area contributed by atoms with E-state index in [4.69, 9.17) is 21.1 Å². The number of halogens is 2. The molecule has 118 valence electrons. The van der Waals surface area contributed by atoms with Crippen molar-refractivity contribution in [3.8, 4) is 5.75 Å². The highest BCUT2D eigenvalue weighted by Gasteiger charge is 2.27. The van der Waals surface area contributed by atoms with E-state index >= 15 is 0 Å². The van der Waals surface area contributed by atoms with Crippen LogP contribution in [0, 0.1) is 0 Å². The first kappa shape index (κ1) is 18.0. The lowest BCUT2D eigenvalue weighted by atomic mass is 10.1. The molecule has 7 heteroatoms. The van der Waals surface area contributed by atoms with Crippen molar-refractivity contribution < 1.29 is 14.3 Å². The first-order valence-electron chi connectivity index (χ1n) is 6.57. The van der Waals surface area contributed by atoms with Gasteiger partial charge in [0.1, 0.15) is 11.8 Å². The van der Waals surface area contributed by atoms with Crippen molar-refractivity contribution >= 4 is 29.9 Å². The summed E-state index contributed by atoms with van der Waals surface area (Å²) >= 11 is 6.05. The summed E-state index contributed by atoms with van der Waals surface area (Å²) in [6.07, 6.45) is -0.122. The lowest BCUT2D eigenvalue weighted by Gasteiger charge is -2.29. The summed E-state index contributed by atoms with van der Waals surface area (Å²) in [6.45, 7) is 3.64. The fourth-order valence-electron chi connectivity index (χ4n) is 2.15. The third-order valence-electron chi connectivity index (χ3n) is 3.28. The fourth-order valence-corrected chi connectivity index (χ4v) is 2.43. The molecule has 0 unspecified atom stereocenters. The monoisotopic (exact) mass is 334 g/mol. The van der Waals surface area contributed by atoms with Crippen molar-refractivity contribution in [2.45, 2.75) is 25.6 Å². The molecular formula is C14H20Cl2N2O3. The molecular weight excluding hydrogens is 315 g/mol. The van der Waals surface area contributed by atoms with E-state index in [1.807, 2.05) is 13.0 Å². The van der Waals surface area contributed by atoms with Crippen LogP contribution in [0.1, 0.15) is 12.5 Å². The smallest absolute Gasteiger partial charge is 0.240 e. The van der Waals surface area contributed by atoms with Gasteiger partial charge in [-0.15, -0.1) is 12.4 Å². The molecule has 0 radical (unpaired) electrons. The third kappa shape index (κ3) is 4.74. The molecule has 2 rings (SSSR count). The number of hydrogen-bond acceptors (Lipinski definition) is 4. The van der Waals surface area contributed by atoms with Crippen LogP contribution < -0.4 is 15.4 Å². The van der Waals surface area contributed by atoms with Gasteiger partial charge in [-0.2, -0.15) is 0 Å². The standard InChI is InChI=1S/C14H19ClN2O3.ClH/c1-9-13(16-5-6-20-9)14(18)17-8-10-3-4-12(19-2)11(15)7-10;/h3-4,7,9,13,16H,5-6,8H2,1-2H3,(H,17,18);1H/t9-,13+;/m1./s1. The molecule has 1 saturated heterocycles. The summed E-state index contributed by atoms with van der Waals surface area (Å²) in [6, 6.07) is 5.14. The minimum Gasteiger partial charge on any atom is -0.495 e. The molecule has 0 saturated carbocycles. The molecule has 1 aromatic carbocycles. The summed E-state index contributed by atoms with van der Waals surface area (Å²) in [7, 11) is 1.57. The Morgan fingerprint density at radius 3 is 2.95 bits per heavy atom. The lowest BCUT2D eigenvalue weighted by Crippen LogP contribution is -2.55. The van der Waals surface area contributed by atoms with Crippen molar-refractivity contribution in [2.75, 3.05) is 20.3 Å². The van der Waals surface area contributed by atoms with E-state index < -0.39 is 0 Å². The van der Waals surface area contributed by atoms with E-state index in [2.05, 4.69) is 10.6 Å². The number of carbonyl (C=O) groups is 1. The molecule has 21 heavy (non-hydrogen) atoms. The van der Waals surface area contributed by atoms with E-state index in [-0.39, 0.29) is 30.5 Å². The summed E-state index contributed by atoms with van der Waals surface area (Å²) in [5.41, 5.74) is 0.925. The first-order chi connectivity index (χ1) is 9.61. The van der Waals surface area contributed by atoms with Gasteiger partial charge < -0.3 is 20.1 Å². The predicted molar refractivity (Wildman–Crippen MR) is 84.3 cm³/mol. The van der Waals surface area contributed by atoms with Gasteiger partial charge in [0, 0.05) is 13.1 Å². The van der Waals surface area contributed by atoms with E-state index in [0.29, 0.717) is 30.5 Å². The number of ether oxygens (including phenoxy) is 2. The summed E-state index contributed by atoms with van der Waals surface area (Å²) in [5.74, 6) is 0.557. The zero-order chi connectivity index (χ0) is 14.5. The second kappa shape index (κ2) is 8.44. The van der Waals surface area contributed by atoms with Crippen LogP contribution in [-0.2, 0) is 16.1 Å². The normalized spacial score (nSPS) is 21.3. The average molecular weight is 335 g/mol. The van der Waals surface area contributed by atoms with Crippen LogP contribution in [0.2, 0.25) is 5.02 Å². The van der Waals surface area contributed by atoms with Crippen LogP contribution in [-0.4, -0.2) is 38.3 Å². The van der Waals surface area contributed by atoms with E-state index in [9.17, 15) is 4.79 Å². The maximum atomic E-state index is 12.1. The number of hydrogen-bond donors (Lipinski definition) is 2. The molecule has 1 amide bonds. The topological polar surface area (TPSA) is 59.6 Å². The maximum Gasteiger partial charge on any atom is 0.240 e. The van der Waals surface area contributed by atoms with Crippen LogP contribution in [0.5, 0.6) is 5.75 Å². The minimum atomic E-state index is -0.308. The quantitative estimate of drug-likeness (QED) is 0.880. The molecule has 0 spiro atoms. The molecule has 2 N–H and O–H groups in total. The largest absolute Gasteiger partial charge is 0.495 e. The molecule has 0 aliphatic carbocycles. The highest BCUT2D eigenvalue weighted by Crippen LogP contribution is 2.24. The van der Waals surface area contributed by atoms with Gasteiger partial charge >= 0.3 is 0 Å². The number of rotatable bonds is 4. The number of carbonyl (C=O) groups excluding carboxylic acids is 1. The first-order valence-corrected chi connectivity index (χ1v) is 6.94. The SMILES string of the molecule is COc1ccc(CNC(=O)[C@H]2NCCO[C@@H]2C)cc1Cl.Cl. The summed E-state index contributed by atoms with van der Waals surface area (Å²) < 4.78 is 10.5. The Kier molecular flexibility index (Phi) is 7.25. The van der Waals surface area contributed by atoms with Gasteiger partial charge in [-0.3, -0.25) is 4.79 Å². The van der Waals surface area contributed by atoms with Gasteiger partial charge in [-0.05, 0) is 24.6 Å². The Morgan fingerprint density at radius 1 is 1.57 bits per heavy atom. The van der Waals surface area contributed by atoms with Gasteiger partial charge in [0.2, 0.25) is 5.91 Å². The molecule has 0 aromatic heterocycles. The molecule has 1 heterocycles. The molecule has 2 atom stereocenters. The molecule has 1 aliphatic rings. The van der Waals surface area contributed by atoms with Crippen LogP contribution in [0.15, 0.2) is 18.2 Å². The predicted octanol–water partition coefficient (Wildman–Crippen LogP) is 1.76. The lowest BCUT2D eigenvalue weighted by molar-refractivity contribution is -0.129. The van der Waals surface area contributed by atoms with Crippen LogP contribution >= 0.6 is 24.0 Å². The van der Waals surface area contributed by atoms with Crippen LogP contribution in [0.25, 0.3) is 0 Å². The van der Waals surface area contributed by atoms with Crippen molar-refractivity contribution in [2.24, 2.45) is 0 Å². The molecule has 1 aromatic rings. The second-order valence-electron chi connectivity index (χ2n) is 4.69. The Labute approximate surface area is 135 Å². The Morgan fingerprint density at radius 2 is 2.33 bits per heavy atom. The van der Waals surface area contributed by atoms with E-state index in [1.165, 1.54) is 0 Å². The number of amides is 1. The zero-order valence-electron chi connectivity index (χ0n) is 12.0. The van der Waals surface area contributed by atoms with Crippen molar-refractivity contribution in [1.29, 1.82) is 0 Å². The highest BCUT2D eigenvalue weighted by molar-refractivity contribution is 6.32. The van der Waals surface area contributed by atoms with Gasteiger partial charge in [0.25, 0.3) is 0 Å². The molecule has 5 nitrogen and oxygen atoms in total. The third-order valence-corrected chi connectivity index (χ3v) is 3.58. The van der Waals surface area contributed by atoms with Crippen LogP contribution in [0.4, 0.5) is 0 Å². The number of benzene rings is 1. The van der Waals surface area contributed by atoms with Gasteiger partial charge in [-0.1, -0.05) is 17.7 Å². The Bertz CT molecular complexity index is 485. The Hall–Kier alpha value is -1.01. The van der Waals surface area contributed by atoms with Gasteiger partial charge in [0.15, 0.2) is 0 Å². The van der Waals surface area contributed by atoms with E-state index in [1.54, 1.807) is 19.2 Å². The van der Waals surface area contributed by atoms with Gasteiger partial charge in [-0.25, -0.2) is 0 Å². The van der Waals surface area contributed by atoms with Crippen molar-refractivity contribution in [1.82, 2.24) is 10.6 Å². The molecule has 0 bridgehead atoms. The number of methoxy groups -OCH3 is 1. The minimum absolute atomic E-state index is 0. The average Bonchev–Trinajstić information content (AvgIpc) is 2.45. The summed E-state index contributed by atoms with van der Waals surface area (Å²) in [4.78, 5) is 12.1. The van der Waals surface area contributed by atoms with Crippen LogP contribution in [0.3, 0.4) is 0 Å². The fraction of sp³-hybridized carbons (Fsp3) is 0.500. The van der Waals surface area contributed by atoms with Crippen molar-refractivity contribution in [3.63, 3.8) is 0 Å². The second-order valence-corrected chi connectivity index (χ2v) is 5.10. The molecule has 1 aliphatic heterocycles.